The average Bonchev–Trinajstić information content (AvgIpc) is 3.02. The third-order valence-electron chi connectivity index (χ3n) is 5.41. The first kappa shape index (κ1) is 19.8. The minimum Gasteiger partial charge on any atom is -0.352 e. The number of carbonyl (C=O) groups is 2. The minimum absolute atomic E-state index is 0.0266. The predicted octanol–water partition coefficient (Wildman–Crippen LogP) is 0.446. The van der Waals surface area contributed by atoms with Gasteiger partial charge in [0.25, 0.3) is 5.91 Å². The van der Waals surface area contributed by atoms with E-state index in [1.165, 1.54) is 0 Å². The molecular weight excluding hydrogens is 366 g/mol. The highest BCUT2D eigenvalue weighted by Crippen LogP contribution is 2.19. The fourth-order valence-electron chi connectivity index (χ4n) is 3.76. The van der Waals surface area contributed by atoms with Crippen LogP contribution in [0.15, 0.2) is 24.3 Å². The molecule has 2 heterocycles. The molecular formula is C19H27N3O4S. The van der Waals surface area contributed by atoms with Crippen molar-refractivity contribution in [3.05, 3.63) is 35.4 Å². The first-order chi connectivity index (χ1) is 12.9. The van der Waals surface area contributed by atoms with Crippen molar-refractivity contribution in [3.63, 3.8) is 0 Å². The van der Waals surface area contributed by atoms with E-state index in [2.05, 4.69) is 10.2 Å². The van der Waals surface area contributed by atoms with E-state index in [4.69, 9.17) is 0 Å². The molecule has 1 aromatic carbocycles. The van der Waals surface area contributed by atoms with E-state index in [1.807, 2.05) is 25.1 Å². The van der Waals surface area contributed by atoms with E-state index in [0.717, 1.165) is 5.56 Å². The number of benzene rings is 1. The number of hydrogen-bond donors (Lipinski definition) is 1. The predicted molar refractivity (Wildman–Crippen MR) is 103 cm³/mol. The summed E-state index contributed by atoms with van der Waals surface area (Å²) >= 11 is 0. The standard InChI is InChI=1S/C19H27N3O4S/c1-15-4-2-3-5-17(15)19(24)20-8-6-18(23)22-11-9-21(10-12-22)16-7-13-27(25,26)14-16/h2-5,16H,6-14H2,1H3,(H,20,24)/t16-/m0/s1. The van der Waals surface area contributed by atoms with Gasteiger partial charge in [-0.2, -0.15) is 0 Å². The molecule has 2 aliphatic rings. The zero-order valence-electron chi connectivity index (χ0n) is 15.7. The number of nitrogens with one attached hydrogen (secondary N) is 1. The monoisotopic (exact) mass is 393 g/mol. The zero-order valence-corrected chi connectivity index (χ0v) is 16.5. The maximum Gasteiger partial charge on any atom is 0.251 e. The van der Waals surface area contributed by atoms with Crippen LogP contribution >= 0.6 is 0 Å². The van der Waals surface area contributed by atoms with Gasteiger partial charge >= 0.3 is 0 Å². The number of nitrogens with zero attached hydrogens (tertiary/aromatic N) is 2. The Morgan fingerprint density at radius 2 is 1.85 bits per heavy atom. The highest BCUT2D eigenvalue weighted by Gasteiger charge is 2.34. The highest BCUT2D eigenvalue weighted by atomic mass is 32.2. The normalized spacial score (nSPS) is 22.6. The SMILES string of the molecule is Cc1ccccc1C(=O)NCCC(=O)N1CCN([C@H]2CCS(=O)(=O)C2)CC1. The third-order valence-corrected chi connectivity index (χ3v) is 7.16. The van der Waals surface area contributed by atoms with Crippen molar-refractivity contribution in [2.75, 3.05) is 44.2 Å². The Bertz CT molecular complexity index is 801. The molecule has 2 fully saturated rings. The van der Waals surface area contributed by atoms with Gasteiger partial charge in [-0.05, 0) is 25.0 Å². The largest absolute Gasteiger partial charge is 0.352 e. The molecule has 7 nitrogen and oxygen atoms in total. The maximum atomic E-state index is 12.4. The van der Waals surface area contributed by atoms with Gasteiger partial charge in [0.15, 0.2) is 9.84 Å². The molecule has 1 atom stereocenters. The van der Waals surface area contributed by atoms with Crippen molar-refractivity contribution >= 4 is 21.7 Å². The van der Waals surface area contributed by atoms with E-state index in [-0.39, 0.29) is 35.8 Å². The maximum absolute atomic E-state index is 12.4. The molecule has 1 aromatic rings. The fraction of sp³-hybridized carbons (Fsp3) is 0.579. The number of aryl methyl sites for hydroxylation is 1. The second-order valence-corrected chi connectivity index (χ2v) is 9.52. The van der Waals surface area contributed by atoms with Crippen LogP contribution in [0.3, 0.4) is 0 Å². The van der Waals surface area contributed by atoms with Gasteiger partial charge in [-0.3, -0.25) is 14.5 Å². The number of carbonyl (C=O) groups excluding carboxylic acids is 2. The van der Waals surface area contributed by atoms with Crippen molar-refractivity contribution in [1.82, 2.24) is 15.1 Å². The second kappa shape index (κ2) is 8.39. The summed E-state index contributed by atoms with van der Waals surface area (Å²) in [4.78, 5) is 28.5. The molecule has 0 unspecified atom stereocenters. The average molecular weight is 394 g/mol. The fourth-order valence-corrected chi connectivity index (χ4v) is 5.53. The summed E-state index contributed by atoms with van der Waals surface area (Å²) in [6, 6.07) is 7.46. The molecule has 2 amide bonds. The molecule has 0 aliphatic carbocycles. The molecule has 0 spiro atoms. The number of piperazine rings is 1. The van der Waals surface area contributed by atoms with E-state index < -0.39 is 9.84 Å². The van der Waals surface area contributed by atoms with Gasteiger partial charge in [-0.1, -0.05) is 18.2 Å². The molecule has 0 bridgehead atoms. The van der Waals surface area contributed by atoms with Gasteiger partial charge in [0.1, 0.15) is 0 Å². The van der Waals surface area contributed by atoms with Gasteiger partial charge in [0.05, 0.1) is 11.5 Å². The smallest absolute Gasteiger partial charge is 0.251 e. The van der Waals surface area contributed by atoms with E-state index in [1.54, 1.807) is 11.0 Å². The van der Waals surface area contributed by atoms with Crippen LogP contribution in [0.5, 0.6) is 0 Å². The van der Waals surface area contributed by atoms with E-state index in [0.29, 0.717) is 44.7 Å². The molecule has 1 N–H and O–H groups in total. The lowest BCUT2D eigenvalue weighted by Crippen LogP contribution is -2.52. The Morgan fingerprint density at radius 3 is 2.48 bits per heavy atom. The Labute approximate surface area is 160 Å². The quantitative estimate of drug-likeness (QED) is 0.785. The van der Waals surface area contributed by atoms with Gasteiger partial charge in [-0.25, -0.2) is 8.42 Å². The Kier molecular flexibility index (Phi) is 6.16. The zero-order chi connectivity index (χ0) is 19.4. The molecule has 2 saturated heterocycles. The van der Waals surface area contributed by atoms with Crippen LogP contribution in [0.2, 0.25) is 0 Å². The number of amides is 2. The summed E-state index contributed by atoms with van der Waals surface area (Å²) < 4.78 is 23.3. The number of rotatable bonds is 5. The second-order valence-electron chi connectivity index (χ2n) is 7.29. The van der Waals surface area contributed by atoms with Gasteiger partial charge in [0.2, 0.25) is 5.91 Å². The van der Waals surface area contributed by atoms with Gasteiger partial charge < -0.3 is 10.2 Å². The Hall–Kier alpha value is -1.93. The lowest BCUT2D eigenvalue weighted by molar-refractivity contribution is -0.133. The molecule has 148 valence electrons. The lowest BCUT2D eigenvalue weighted by atomic mass is 10.1. The van der Waals surface area contributed by atoms with Crippen molar-refractivity contribution in [2.45, 2.75) is 25.8 Å². The van der Waals surface area contributed by atoms with Crippen LogP contribution in [0, 0.1) is 6.92 Å². The van der Waals surface area contributed by atoms with Crippen LogP contribution in [-0.4, -0.2) is 80.3 Å². The van der Waals surface area contributed by atoms with Crippen molar-refractivity contribution < 1.29 is 18.0 Å². The summed E-state index contributed by atoms with van der Waals surface area (Å²) in [6.07, 6.45) is 0.969. The molecule has 0 saturated carbocycles. The summed E-state index contributed by atoms with van der Waals surface area (Å²) in [5, 5.41) is 2.81. The number of hydrogen-bond acceptors (Lipinski definition) is 5. The van der Waals surface area contributed by atoms with Gasteiger partial charge in [-0.15, -0.1) is 0 Å². The lowest BCUT2D eigenvalue weighted by Gasteiger charge is -2.37. The molecule has 2 aliphatic heterocycles. The van der Waals surface area contributed by atoms with Crippen LogP contribution in [0.25, 0.3) is 0 Å². The molecule has 0 aromatic heterocycles. The highest BCUT2D eigenvalue weighted by molar-refractivity contribution is 7.91. The van der Waals surface area contributed by atoms with Crippen LogP contribution in [0.1, 0.15) is 28.8 Å². The van der Waals surface area contributed by atoms with Gasteiger partial charge in [0, 0.05) is 50.7 Å². The molecule has 3 rings (SSSR count). The molecule has 0 radical (unpaired) electrons. The van der Waals surface area contributed by atoms with Crippen LogP contribution < -0.4 is 5.32 Å². The van der Waals surface area contributed by atoms with Crippen LogP contribution in [-0.2, 0) is 14.6 Å². The first-order valence-electron chi connectivity index (χ1n) is 9.42. The summed E-state index contributed by atoms with van der Waals surface area (Å²) in [5.41, 5.74) is 1.54. The van der Waals surface area contributed by atoms with Crippen molar-refractivity contribution in [3.8, 4) is 0 Å². The van der Waals surface area contributed by atoms with Crippen LogP contribution in [0.4, 0.5) is 0 Å². The molecule has 27 heavy (non-hydrogen) atoms. The van der Waals surface area contributed by atoms with E-state index >= 15 is 0 Å². The Morgan fingerprint density at radius 1 is 1.15 bits per heavy atom. The minimum atomic E-state index is -2.88. The summed E-state index contributed by atoms with van der Waals surface area (Å²) in [5.74, 6) is 0.385. The van der Waals surface area contributed by atoms with Crippen molar-refractivity contribution in [2.24, 2.45) is 0 Å². The summed E-state index contributed by atoms with van der Waals surface area (Å²) in [6.45, 7) is 4.84. The number of sulfone groups is 1. The Balaban J connectivity index is 1.40. The van der Waals surface area contributed by atoms with E-state index in [9.17, 15) is 18.0 Å². The third kappa shape index (κ3) is 5.07. The first-order valence-corrected chi connectivity index (χ1v) is 11.2. The van der Waals surface area contributed by atoms with Crippen molar-refractivity contribution in [1.29, 1.82) is 0 Å². The topological polar surface area (TPSA) is 86.8 Å². The molecule has 8 heteroatoms. The summed E-state index contributed by atoms with van der Waals surface area (Å²) in [7, 11) is -2.88.